The second-order valence-electron chi connectivity index (χ2n) is 7.19. The van der Waals surface area contributed by atoms with Crippen LogP contribution in [-0.2, 0) is 11.8 Å². The van der Waals surface area contributed by atoms with Gasteiger partial charge >= 0.3 is 6.18 Å². The highest BCUT2D eigenvalue weighted by molar-refractivity contribution is 7.15. The second kappa shape index (κ2) is 8.85. The molecule has 0 fully saturated rings. The Hall–Kier alpha value is -4.23. The highest BCUT2D eigenvalue weighted by Crippen LogP contribution is 2.40. The maximum atomic E-state index is 13.0. The summed E-state index contributed by atoms with van der Waals surface area (Å²) in [6.45, 7) is 0. The SMILES string of the molecule is OC(c1cccnc1)(c1nnco1)c1ncc(-c2cccc(Nc3nccc(C(F)(F)F)n3)c2)s1. The fourth-order valence-electron chi connectivity index (χ4n) is 3.28. The first kappa shape index (κ1) is 22.6. The highest BCUT2D eigenvalue weighted by Gasteiger charge is 2.42. The van der Waals surface area contributed by atoms with Gasteiger partial charge < -0.3 is 14.8 Å². The lowest BCUT2D eigenvalue weighted by atomic mass is 9.96. The van der Waals surface area contributed by atoms with Gasteiger partial charge in [-0.15, -0.1) is 21.5 Å². The van der Waals surface area contributed by atoms with E-state index < -0.39 is 17.5 Å². The van der Waals surface area contributed by atoms with Gasteiger partial charge in [0.2, 0.25) is 17.9 Å². The minimum atomic E-state index is -4.58. The van der Waals surface area contributed by atoms with Gasteiger partial charge in [-0.05, 0) is 29.8 Å². The average Bonchev–Trinajstić information content (AvgIpc) is 3.57. The van der Waals surface area contributed by atoms with Crippen LogP contribution >= 0.6 is 11.3 Å². The molecule has 0 aliphatic heterocycles. The summed E-state index contributed by atoms with van der Waals surface area (Å²) in [5.41, 5.74) is -1.31. The number of rotatable bonds is 6. The van der Waals surface area contributed by atoms with Gasteiger partial charge in [-0.25, -0.2) is 15.0 Å². The largest absolute Gasteiger partial charge is 0.433 e. The Morgan fingerprint density at radius 1 is 1.00 bits per heavy atom. The lowest BCUT2D eigenvalue weighted by Gasteiger charge is -2.21. The third kappa shape index (κ3) is 4.46. The van der Waals surface area contributed by atoms with Crippen LogP contribution in [0, 0.1) is 0 Å². The summed E-state index contributed by atoms with van der Waals surface area (Å²) < 4.78 is 44.2. The van der Waals surface area contributed by atoms with Crippen molar-refractivity contribution in [1.29, 1.82) is 0 Å². The fourth-order valence-corrected chi connectivity index (χ4v) is 4.29. The van der Waals surface area contributed by atoms with Gasteiger partial charge in [0.25, 0.3) is 5.89 Å². The van der Waals surface area contributed by atoms with Gasteiger partial charge in [-0.1, -0.05) is 18.2 Å². The van der Waals surface area contributed by atoms with E-state index in [0.717, 1.165) is 18.7 Å². The van der Waals surface area contributed by atoms with Gasteiger partial charge in [0.05, 0.1) is 4.88 Å². The molecule has 5 rings (SSSR count). The maximum Gasteiger partial charge on any atom is 0.433 e. The molecule has 4 aromatic heterocycles. The molecular weight excluding hydrogens is 483 g/mol. The first-order valence-corrected chi connectivity index (χ1v) is 10.8. The smallest absolute Gasteiger partial charge is 0.424 e. The van der Waals surface area contributed by atoms with Crippen molar-refractivity contribution in [2.45, 2.75) is 11.8 Å². The summed E-state index contributed by atoms with van der Waals surface area (Å²) in [4.78, 5) is 16.5. The zero-order chi connectivity index (χ0) is 24.5. The van der Waals surface area contributed by atoms with E-state index in [9.17, 15) is 18.3 Å². The van der Waals surface area contributed by atoms with E-state index in [0.29, 0.717) is 21.7 Å². The van der Waals surface area contributed by atoms with Gasteiger partial charge in [-0.2, -0.15) is 13.2 Å². The van der Waals surface area contributed by atoms with Crippen molar-refractivity contribution < 1.29 is 22.7 Å². The topological polar surface area (TPSA) is 123 Å². The average molecular weight is 497 g/mol. The van der Waals surface area contributed by atoms with E-state index >= 15 is 0 Å². The van der Waals surface area contributed by atoms with Crippen LogP contribution in [0.2, 0.25) is 0 Å². The van der Waals surface area contributed by atoms with E-state index in [-0.39, 0.29) is 16.8 Å². The summed E-state index contributed by atoms with van der Waals surface area (Å²) in [6.07, 6.45) is 2.17. The summed E-state index contributed by atoms with van der Waals surface area (Å²) >= 11 is 1.18. The molecule has 0 saturated carbocycles. The Morgan fingerprint density at radius 2 is 1.89 bits per heavy atom. The molecule has 4 heterocycles. The number of aliphatic hydroxyl groups is 1. The lowest BCUT2D eigenvalue weighted by molar-refractivity contribution is -0.141. The van der Waals surface area contributed by atoms with E-state index in [4.69, 9.17) is 4.42 Å². The zero-order valence-corrected chi connectivity index (χ0v) is 18.3. The zero-order valence-electron chi connectivity index (χ0n) is 17.5. The number of hydrogen-bond donors (Lipinski definition) is 2. The number of anilines is 2. The van der Waals surface area contributed by atoms with Crippen LogP contribution in [-0.4, -0.2) is 35.2 Å². The first-order valence-electron chi connectivity index (χ1n) is 9.97. The van der Waals surface area contributed by atoms with Crippen LogP contribution in [0.4, 0.5) is 24.8 Å². The molecule has 0 radical (unpaired) electrons. The van der Waals surface area contributed by atoms with Crippen LogP contribution in [0.1, 0.15) is 22.2 Å². The Bertz CT molecular complexity index is 1440. The predicted octanol–water partition coefficient (Wildman–Crippen LogP) is 4.42. The molecule has 1 atom stereocenters. The van der Waals surface area contributed by atoms with Crippen molar-refractivity contribution in [3.05, 3.63) is 95.8 Å². The third-order valence-electron chi connectivity index (χ3n) is 4.91. The number of pyridine rings is 1. The number of halogens is 3. The molecular formula is C22H14F3N7O2S. The molecule has 2 N–H and O–H groups in total. The Morgan fingerprint density at radius 3 is 2.63 bits per heavy atom. The van der Waals surface area contributed by atoms with Crippen LogP contribution in [0.25, 0.3) is 10.4 Å². The van der Waals surface area contributed by atoms with E-state index in [1.165, 1.54) is 17.5 Å². The van der Waals surface area contributed by atoms with Gasteiger partial charge in [-0.3, -0.25) is 4.98 Å². The lowest BCUT2D eigenvalue weighted by Crippen LogP contribution is -2.29. The van der Waals surface area contributed by atoms with Crippen molar-refractivity contribution in [1.82, 2.24) is 30.1 Å². The van der Waals surface area contributed by atoms with E-state index in [1.54, 1.807) is 48.8 Å². The van der Waals surface area contributed by atoms with Crippen molar-refractivity contribution in [2.75, 3.05) is 5.32 Å². The molecule has 0 saturated heterocycles. The van der Waals surface area contributed by atoms with Crippen molar-refractivity contribution in [3.8, 4) is 10.4 Å². The normalized spacial score (nSPS) is 13.4. The minimum Gasteiger partial charge on any atom is -0.424 e. The van der Waals surface area contributed by atoms with Gasteiger partial charge in [0, 0.05) is 36.0 Å². The number of hydrogen-bond acceptors (Lipinski definition) is 10. The molecule has 1 aromatic carbocycles. The summed E-state index contributed by atoms with van der Waals surface area (Å²) in [5.74, 6) is -0.257. The maximum absolute atomic E-state index is 13.0. The number of thiazole rings is 1. The second-order valence-corrected chi connectivity index (χ2v) is 8.23. The summed E-state index contributed by atoms with van der Waals surface area (Å²) in [7, 11) is 0. The Balaban J connectivity index is 1.47. The monoisotopic (exact) mass is 497 g/mol. The molecule has 9 nitrogen and oxygen atoms in total. The van der Waals surface area contributed by atoms with Crippen LogP contribution in [0.3, 0.4) is 0 Å². The third-order valence-corrected chi connectivity index (χ3v) is 6.07. The summed E-state index contributed by atoms with van der Waals surface area (Å²) in [5, 5.41) is 22.2. The number of benzene rings is 1. The first-order chi connectivity index (χ1) is 16.8. The Labute approximate surface area is 199 Å². The van der Waals surface area contributed by atoms with Crippen LogP contribution in [0.5, 0.6) is 0 Å². The molecule has 0 spiro atoms. The van der Waals surface area contributed by atoms with Crippen molar-refractivity contribution in [2.24, 2.45) is 0 Å². The predicted molar refractivity (Wildman–Crippen MR) is 119 cm³/mol. The molecule has 1 unspecified atom stereocenters. The number of nitrogens with one attached hydrogen (secondary N) is 1. The van der Waals surface area contributed by atoms with Crippen LogP contribution in [0.15, 0.2) is 78.1 Å². The molecule has 0 bridgehead atoms. The molecule has 0 aliphatic rings. The quantitative estimate of drug-likeness (QED) is 0.351. The molecule has 0 amide bonds. The number of alkyl halides is 3. The highest BCUT2D eigenvalue weighted by atomic mass is 32.1. The molecule has 0 aliphatic carbocycles. The van der Waals surface area contributed by atoms with E-state index in [2.05, 4.69) is 35.5 Å². The Kier molecular flexibility index (Phi) is 5.70. The minimum absolute atomic E-state index is 0.0662. The van der Waals surface area contributed by atoms with Gasteiger partial charge in [0.15, 0.2) is 0 Å². The van der Waals surface area contributed by atoms with Gasteiger partial charge in [0.1, 0.15) is 10.7 Å². The van der Waals surface area contributed by atoms with Crippen molar-refractivity contribution in [3.63, 3.8) is 0 Å². The number of nitrogens with zero attached hydrogens (tertiary/aromatic N) is 6. The number of aromatic nitrogens is 6. The molecule has 176 valence electrons. The molecule has 5 aromatic rings. The summed E-state index contributed by atoms with van der Waals surface area (Å²) in [6, 6.07) is 11.0. The molecule has 13 heteroatoms. The fraction of sp³-hybridized carbons (Fsp3) is 0.0909. The molecule has 35 heavy (non-hydrogen) atoms. The standard InChI is InChI=1S/C22H14F3N7O2S/c23-22(24,25)17-6-8-27-20(31-17)30-15-5-1-3-13(9-15)16-11-28-19(35-16)21(33,18-32-29-12-34-18)14-4-2-7-26-10-14/h1-12,33H,(H,27,30,31). The van der Waals surface area contributed by atoms with Crippen LogP contribution < -0.4 is 5.32 Å². The van der Waals surface area contributed by atoms with Crippen molar-refractivity contribution >= 4 is 23.0 Å². The van der Waals surface area contributed by atoms with E-state index in [1.807, 2.05) is 0 Å².